The Balaban J connectivity index is 1.84. The van der Waals surface area contributed by atoms with Gasteiger partial charge in [0.15, 0.2) is 5.78 Å². The molecule has 0 aromatic heterocycles. The molecule has 128 valence electrons. The molecule has 0 amide bonds. The Hall–Kier alpha value is -1.16. The molecule has 3 rings (SSSR count). The minimum atomic E-state index is -0.314. The second kappa shape index (κ2) is 5.73. The molecule has 4 nitrogen and oxygen atoms in total. The quantitative estimate of drug-likeness (QED) is 0.729. The summed E-state index contributed by atoms with van der Waals surface area (Å²) in [5, 5.41) is 0. The van der Waals surface area contributed by atoms with Gasteiger partial charge >= 0.3 is 5.97 Å². The van der Waals surface area contributed by atoms with E-state index in [-0.39, 0.29) is 22.6 Å². The van der Waals surface area contributed by atoms with Crippen LogP contribution in [0.15, 0.2) is 11.6 Å². The highest BCUT2D eigenvalue weighted by atomic mass is 16.5. The molecule has 0 spiro atoms. The number of fused-ring (bicyclic) bond motifs is 3. The molecule has 2 fully saturated rings. The number of hydrogen-bond donors (Lipinski definition) is 0. The van der Waals surface area contributed by atoms with Crippen molar-refractivity contribution in [1.29, 1.82) is 0 Å². The summed E-state index contributed by atoms with van der Waals surface area (Å²) in [6, 6.07) is 0. The van der Waals surface area contributed by atoms with Crippen LogP contribution in [0, 0.1) is 22.7 Å². The fourth-order valence-electron chi connectivity index (χ4n) is 5.88. The summed E-state index contributed by atoms with van der Waals surface area (Å²) in [6.45, 7) is 4.28. The highest BCUT2D eigenvalue weighted by molar-refractivity contribution is 6.00. The topological polar surface area (TPSA) is 52.6 Å². The summed E-state index contributed by atoms with van der Waals surface area (Å²) in [5.41, 5.74) is 0.843. The first kappa shape index (κ1) is 16.7. The van der Waals surface area contributed by atoms with E-state index in [1.165, 1.54) is 12.7 Å². The van der Waals surface area contributed by atoms with E-state index >= 15 is 0 Å². The molecule has 0 aromatic carbocycles. The molecule has 3 aliphatic rings. The van der Waals surface area contributed by atoms with E-state index in [4.69, 9.17) is 9.47 Å². The standard InChI is InChI=1S/C19H28O4/c1-12-8-16(20)18(2)15-10-14(22-3)9-13(15)11-19(12,18)7-5-6-17(21)23-4/h8,13-15H,5-7,9-11H2,1-4H3/t13-,14-,15-,18-,19+/m1/s1. The van der Waals surface area contributed by atoms with Gasteiger partial charge in [0.05, 0.1) is 13.2 Å². The fraction of sp³-hybridized carbons (Fsp3) is 0.789. The number of carbonyl (C=O) groups is 2. The maximum absolute atomic E-state index is 12.9. The molecule has 3 aliphatic carbocycles. The van der Waals surface area contributed by atoms with Crippen LogP contribution in [-0.2, 0) is 19.1 Å². The number of carbonyl (C=O) groups excluding carboxylic acids is 2. The normalized spacial score (nSPS) is 41.7. The summed E-state index contributed by atoms with van der Waals surface area (Å²) in [4.78, 5) is 24.3. The second-order valence-corrected chi connectivity index (χ2v) is 7.81. The van der Waals surface area contributed by atoms with E-state index < -0.39 is 0 Å². The third-order valence-corrected chi connectivity index (χ3v) is 7.16. The van der Waals surface area contributed by atoms with Crippen LogP contribution in [0.3, 0.4) is 0 Å². The molecule has 0 saturated heterocycles. The molecule has 0 aliphatic heterocycles. The van der Waals surface area contributed by atoms with Crippen molar-refractivity contribution in [3.8, 4) is 0 Å². The summed E-state index contributed by atoms with van der Waals surface area (Å²) in [7, 11) is 3.21. The van der Waals surface area contributed by atoms with Crippen molar-refractivity contribution in [3.05, 3.63) is 11.6 Å². The van der Waals surface area contributed by atoms with Gasteiger partial charge in [0.1, 0.15) is 0 Å². The minimum absolute atomic E-state index is 0.0633. The number of ether oxygens (including phenoxy) is 2. The Morgan fingerprint density at radius 3 is 2.74 bits per heavy atom. The Bertz CT molecular complexity index is 552. The smallest absolute Gasteiger partial charge is 0.305 e. The minimum Gasteiger partial charge on any atom is -0.469 e. The van der Waals surface area contributed by atoms with Crippen LogP contribution in [0.5, 0.6) is 0 Å². The van der Waals surface area contributed by atoms with Gasteiger partial charge in [-0.15, -0.1) is 0 Å². The lowest BCUT2D eigenvalue weighted by Crippen LogP contribution is -2.41. The van der Waals surface area contributed by atoms with Crippen LogP contribution >= 0.6 is 0 Å². The number of ketones is 1. The summed E-state index contributed by atoms with van der Waals surface area (Å²) in [5.74, 6) is 1.10. The molecule has 0 bridgehead atoms. The third-order valence-electron chi connectivity index (χ3n) is 7.16. The van der Waals surface area contributed by atoms with Gasteiger partial charge < -0.3 is 9.47 Å². The number of rotatable bonds is 5. The van der Waals surface area contributed by atoms with E-state index in [2.05, 4.69) is 13.8 Å². The van der Waals surface area contributed by atoms with Gasteiger partial charge in [0.25, 0.3) is 0 Å². The van der Waals surface area contributed by atoms with Gasteiger partial charge in [-0.3, -0.25) is 9.59 Å². The van der Waals surface area contributed by atoms with Gasteiger partial charge in [0, 0.05) is 24.4 Å². The zero-order chi connectivity index (χ0) is 16.8. The lowest BCUT2D eigenvalue weighted by atomic mass is 9.60. The molecular formula is C19H28O4. The van der Waals surface area contributed by atoms with Gasteiger partial charge in [-0.25, -0.2) is 0 Å². The van der Waals surface area contributed by atoms with Crippen LogP contribution in [0.1, 0.15) is 52.4 Å². The largest absolute Gasteiger partial charge is 0.469 e. The monoisotopic (exact) mass is 320 g/mol. The number of allylic oxidation sites excluding steroid dienone is 2. The third kappa shape index (κ3) is 2.21. The Morgan fingerprint density at radius 2 is 2.09 bits per heavy atom. The summed E-state index contributed by atoms with van der Waals surface area (Å²) < 4.78 is 10.3. The van der Waals surface area contributed by atoms with E-state index in [0.717, 1.165) is 32.1 Å². The SMILES string of the molecule is COC(=O)CCC[C@@]12C[C@H]3C[C@@H](OC)C[C@H]3[C@]1(C)C(=O)C=C2C. The first-order chi connectivity index (χ1) is 10.9. The predicted molar refractivity (Wildman–Crippen MR) is 86.8 cm³/mol. The number of hydrogen-bond acceptors (Lipinski definition) is 4. The van der Waals surface area contributed by atoms with Crippen LogP contribution in [0.2, 0.25) is 0 Å². The van der Waals surface area contributed by atoms with Crippen molar-refractivity contribution in [2.24, 2.45) is 22.7 Å². The van der Waals surface area contributed by atoms with Crippen molar-refractivity contribution < 1.29 is 19.1 Å². The number of methoxy groups -OCH3 is 2. The van der Waals surface area contributed by atoms with Crippen molar-refractivity contribution in [2.75, 3.05) is 14.2 Å². The van der Waals surface area contributed by atoms with Crippen molar-refractivity contribution in [1.82, 2.24) is 0 Å². The summed E-state index contributed by atoms with van der Waals surface area (Å²) >= 11 is 0. The molecule has 0 radical (unpaired) electrons. The maximum Gasteiger partial charge on any atom is 0.305 e. The van der Waals surface area contributed by atoms with Crippen LogP contribution in [0.25, 0.3) is 0 Å². The molecule has 5 atom stereocenters. The first-order valence-corrected chi connectivity index (χ1v) is 8.72. The van der Waals surface area contributed by atoms with Gasteiger partial charge in [-0.2, -0.15) is 0 Å². The van der Waals surface area contributed by atoms with Crippen LogP contribution in [0.4, 0.5) is 0 Å². The van der Waals surface area contributed by atoms with Crippen molar-refractivity contribution in [2.45, 2.75) is 58.5 Å². The molecule has 2 saturated carbocycles. The molecular weight excluding hydrogens is 292 g/mol. The fourth-order valence-corrected chi connectivity index (χ4v) is 5.88. The van der Waals surface area contributed by atoms with E-state index in [9.17, 15) is 9.59 Å². The lowest BCUT2D eigenvalue weighted by Gasteiger charge is -2.42. The zero-order valence-corrected chi connectivity index (χ0v) is 14.7. The van der Waals surface area contributed by atoms with Gasteiger partial charge in [-0.1, -0.05) is 12.5 Å². The number of esters is 1. The average molecular weight is 320 g/mol. The summed E-state index contributed by atoms with van der Waals surface area (Å²) in [6.07, 6.45) is 7.40. The van der Waals surface area contributed by atoms with E-state index in [1.54, 1.807) is 7.11 Å². The molecule has 0 unspecified atom stereocenters. The van der Waals surface area contributed by atoms with E-state index in [0.29, 0.717) is 24.4 Å². The van der Waals surface area contributed by atoms with E-state index in [1.807, 2.05) is 6.08 Å². The van der Waals surface area contributed by atoms with Gasteiger partial charge in [-0.05, 0) is 56.9 Å². The lowest BCUT2D eigenvalue weighted by molar-refractivity contribution is -0.140. The van der Waals surface area contributed by atoms with Crippen LogP contribution < -0.4 is 0 Å². The molecule has 0 N–H and O–H groups in total. The molecule has 4 heteroatoms. The zero-order valence-electron chi connectivity index (χ0n) is 14.7. The second-order valence-electron chi connectivity index (χ2n) is 7.81. The van der Waals surface area contributed by atoms with Crippen molar-refractivity contribution >= 4 is 11.8 Å². The molecule has 0 heterocycles. The van der Waals surface area contributed by atoms with Gasteiger partial charge in [0.2, 0.25) is 0 Å². The molecule has 23 heavy (non-hydrogen) atoms. The predicted octanol–water partition coefficient (Wildman–Crippen LogP) is 3.30. The highest BCUT2D eigenvalue weighted by Gasteiger charge is 2.68. The average Bonchev–Trinajstić information content (AvgIpc) is 3.09. The maximum atomic E-state index is 12.9. The Morgan fingerprint density at radius 1 is 1.35 bits per heavy atom. The van der Waals surface area contributed by atoms with Crippen molar-refractivity contribution in [3.63, 3.8) is 0 Å². The first-order valence-electron chi connectivity index (χ1n) is 8.72. The Labute approximate surface area is 138 Å². The molecule has 0 aromatic rings. The van der Waals surface area contributed by atoms with Crippen LogP contribution in [-0.4, -0.2) is 32.1 Å². The Kier molecular flexibility index (Phi) is 4.16. The highest BCUT2D eigenvalue weighted by Crippen LogP contribution is 2.71.